The fourth-order valence-electron chi connectivity index (χ4n) is 3.14. The molecule has 1 unspecified atom stereocenters. The molecule has 1 amide bonds. The number of carbonyl (C=O) groups excluding carboxylic acids is 1. The summed E-state index contributed by atoms with van der Waals surface area (Å²) >= 11 is 0. The Morgan fingerprint density at radius 3 is 2.84 bits per heavy atom. The largest absolute Gasteiger partial charge is 0.372 e. The maximum absolute atomic E-state index is 12.3. The SMILES string of the molecule is CC1(C)CCC(NC(=O)c2ccc3c(c2)COC3)C1. The van der Waals surface area contributed by atoms with Crippen LogP contribution >= 0.6 is 0 Å². The zero-order valence-electron chi connectivity index (χ0n) is 11.7. The predicted molar refractivity (Wildman–Crippen MR) is 73.8 cm³/mol. The molecular weight excluding hydrogens is 238 g/mol. The zero-order chi connectivity index (χ0) is 13.5. The van der Waals surface area contributed by atoms with Crippen LogP contribution in [0.15, 0.2) is 18.2 Å². The van der Waals surface area contributed by atoms with Crippen molar-refractivity contribution in [2.24, 2.45) is 5.41 Å². The second-order valence-corrected chi connectivity index (χ2v) is 6.55. The molecule has 0 bridgehead atoms. The topological polar surface area (TPSA) is 38.3 Å². The van der Waals surface area contributed by atoms with E-state index in [2.05, 4.69) is 19.2 Å². The van der Waals surface area contributed by atoms with Crippen molar-refractivity contribution >= 4 is 5.91 Å². The van der Waals surface area contributed by atoms with Gasteiger partial charge >= 0.3 is 0 Å². The van der Waals surface area contributed by atoms with Crippen LogP contribution in [0.4, 0.5) is 0 Å². The molecule has 3 nitrogen and oxygen atoms in total. The zero-order valence-corrected chi connectivity index (χ0v) is 11.7. The molecule has 0 aromatic heterocycles. The van der Waals surface area contributed by atoms with E-state index in [4.69, 9.17) is 4.74 Å². The molecule has 0 saturated heterocycles. The van der Waals surface area contributed by atoms with Gasteiger partial charge in [-0.2, -0.15) is 0 Å². The number of nitrogens with one attached hydrogen (secondary N) is 1. The predicted octanol–water partition coefficient (Wildman–Crippen LogP) is 3.03. The van der Waals surface area contributed by atoms with Crippen molar-refractivity contribution in [3.8, 4) is 0 Å². The van der Waals surface area contributed by atoms with Crippen molar-refractivity contribution in [3.63, 3.8) is 0 Å². The van der Waals surface area contributed by atoms with Gasteiger partial charge in [-0.15, -0.1) is 0 Å². The number of hydrogen-bond donors (Lipinski definition) is 1. The quantitative estimate of drug-likeness (QED) is 0.886. The molecule has 1 aliphatic heterocycles. The maximum Gasteiger partial charge on any atom is 0.251 e. The van der Waals surface area contributed by atoms with Crippen LogP contribution in [0.25, 0.3) is 0 Å². The lowest BCUT2D eigenvalue weighted by Gasteiger charge is -2.18. The van der Waals surface area contributed by atoms with Crippen LogP contribution in [-0.2, 0) is 18.0 Å². The molecule has 0 spiro atoms. The van der Waals surface area contributed by atoms with Gasteiger partial charge in [0.2, 0.25) is 0 Å². The van der Waals surface area contributed by atoms with Crippen molar-refractivity contribution in [2.75, 3.05) is 0 Å². The van der Waals surface area contributed by atoms with E-state index in [0.29, 0.717) is 24.7 Å². The van der Waals surface area contributed by atoms with E-state index < -0.39 is 0 Å². The van der Waals surface area contributed by atoms with Crippen LogP contribution in [0.2, 0.25) is 0 Å². The number of hydrogen-bond acceptors (Lipinski definition) is 2. The van der Waals surface area contributed by atoms with Crippen LogP contribution in [0.1, 0.15) is 54.6 Å². The van der Waals surface area contributed by atoms with Crippen molar-refractivity contribution in [2.45, 2.75) is 52.4 Å². The van der Waals surface area contributed by atoms with Gasteiger partial charge in [0.05, 0.1) is 13.2 Å². The Hall–Kier alpha value is -1.35. The summed E-state index contributed by atoms with van der Waals surface area (Å²) in [4.78, 5) is 12.3. The molecule has 19 heavy (non-hydrogen) atoms. The molecule has 1 saturated carbocycles. The molecular formula is C16H21NO2. The first-order valence-electron chi connectivity index (χ1n) is 7.04. The standard InChI is InChI=1S/C16H21NO2/c1-16(2)6-5-14(8-16)17-15(18)11-3-4-12-9-19-10-13(12)7-11/h3-4,7,14H,5-6,8-10H2,1-2H3,(H,17,18). The van der Waals surface area contributed by atoms with Crippen molar-refractivity contribution in [3.05, 3.63) is 34.9 Å². The van der Waals surface area contributed by atoms with Gasteiger partial charge < -0.3 is 10.1 Å². The van der Waals surface area contributed by atoms with Gasteiger partial charge in [-0.05, 0) is 47.9 Å². The van der Waals surface area contributed by atoms with Gasteiger partial charge in [0, 0.05) is 11.6 Å². The highest BCUT2D eigenvalue weighted by atomic mass is 16.5. The van der Waals surface area contributed by atoms with Crippen LogP contribution < -0.4 is 5.32 Å². The second-order valence-electron chi connectivity index (χ2n) is 6.55. The maximum atomic E-state index is 12.3. The summed E-state index contributed by atoms with van der Waals surface area (Å²) < 4.78 is 5.38. The first-order chi connectivity index (χ1) is 9.03. The van der Waals surface area contributed by atoms with Gasteiger partial charge in [-0.25, -0.2) is 0 Å². The fourth-order valence-corrected chi connectivity index (χ4v) is 3.14. The van der Waals surface area contributed by atoms with E-state index >= 15 is 0 Å². The fraction of sp³-hybridized carbons (Fsp3) is 0.562. The lowest BCUT2D eigenvalue weighted by atomic mass is 9.92. The monoisotopic (exact) mass is 259 g/mol. The highest BCUT2D eigenvalue weighted by Crippen LogP contribution is 2.37. The highest BCUT2D eigenvalue weighted by molar-refractivity contribution is 5.94. The van der Waals surface area contributed by atoms with Gasteiger partial charge in [0.1, 0.15) is 0 Å². The third-order valence-electron chi connectivity index (χ3n) is 4.29. The number of carbonyl (C=O) groups is 1. The Labute approximate surface area is 114 Å². The molecule has 1 N–H and O–H groups in total. The molecule has 1 aliphatic carbocycles. The Morgan fingerprint density at radius 2 is 2.11 bits per heavy atom. The summed E-state index contributed by atoms with van der Waals surface area (Å²) in [6, 6.07) is 6.21. The number of ether oxygens (including phenoxy) is 1. The summed E-state index contributed by atoms with van der Waals surface area (Å²) in [5, 5.41) is 3.16. The lowest BCUT2D eigenvalue weighted by Crippen LogP contribution is -2.33. The van der Waals surface area contributed by atoms with Crippen LogP contribution in [0, 0.1) is 5.41 Å². The van der Waals surface area contributed by atoms with Gasteiger partial charge in [0.15, 0.2) is 0 Å². The molecule has 1 atom stereocenters. The molecule has 102 valence electrons. The normalized spacial score (nSPS) is 24.2. The van der Waals surface area contributed by atoms with E-state index in [-0.39, 0.29) is 5.91 Å². The minimum Gasteiger partial charge on any atom is -0.372 e. The molecule has 1 fully saturated rings. The van der Waals surface area contributed by atoms with Gasteiger partial charge in [-0.1, -0.05) is 19.9 Å². The third-order valence-corrected chi connectivity index (χ3v) is 4.29. The highest BCUT2D eigenvalue weighted by Gasteiger charge is 2.31. The van der Waals surface area contributed by atoms with Crippen LogP contribution in [-0.4, -0.2) is 11.9 Å². The first kappa shape index (κ1) is 12.7. The summed E-state index contributed by atoms with van der Waals surface area (Å²) in [5.74, 6) is 0.0531. The van der Waals surface area contributed by atoms with Crippen LogP contribution in [0.3, 0.4) is 0 Å². The van der Waals surface area contributed by atoms with Crippen molar-refractivity contribution in [1.29, 1.82) is 0 Å². The summed E-state index contributed by atoms with van der Waals surface area (Å²) in [7, 11) is 0. The summed E-state index contributed by atoms with van der Waals surface area (Å²) in [6.45, 7) is 5.85. The first-order valence-corrected chi connectivity index (χ1v) is 7.04. The molecule has 1 aromatic carbocycles. The van der Waals surface area contributed by atoms with E-state index in [1.54, 1.807) is 0 Å². The average Bonchev–Trinajstić information content (AvgIpc) is 2.94. The molecule has 2 aliphatic rings. The summed E-state index contributed by atoms with van der Waals surface area (Å²) in [5.41, 5.74) is 3.48. The molecule has 0 radical (unpaired) electrons. The smallest absolute Gasteiger partial charge is 0.251 e. The number of rotatable bonds is 2. The lowest BCUT2D eigenvalue weighted by molar-refractivity contribution is 0.0936. The Kier molecular flexibility index (Phi) is 3.09. The number of benzene rings is 1. The molecule has 3 rings (SSSR count). The Bertz CT molecular complexity index is 507. The van der Waals surface area contributed by atoms with Gasteiger partial charge in [-0.3, -0.25) is 4.79 Å². The van der Waals surface area contributed by atoms with E-state index in [0.717, 1.165) is 24.0 Å². The van der Waals surface area contributed by atoms with Crippen molar-refractivity contribution < 1.29 is 9.53 Å². The average molecular weight is 259 g/mol. The number of amides is 1. The minimum absolute atomic E-state index is 0.0531. The Morgan fingerprint density at radius 1 is 1.32 bits per heavy atom. The minimum atomic E-state index is 0.0531. The molecule has 1 heterocycles. The van der Waals surface area contributed by atoms with Gasteiger partial charge in [0.25, 0.3) is 5.91 Å². The second kappa shape index (κ2) is 4.64. The van der Waals surface area contributed by atoms with E-state index in [1.165, 1.54) is 12.0 Å². The molecule has 3 heteroatoms. The Balaban J connectivity index is 1.68. The number of fused-ring (bicyclic) bond motifs is 1. The van der Waals surface area contributed by atoms with E-state index in [9.17, 15) is 4.79 Å². The van der Waals surface area contributed by atoms with Crippen LogP contribution in [0.5, 0.6) is 0 Å². The van der Waals surface area contributed by atoms with E-state index in [1.807, 2.05) is 18.2 Å². The van der Waals surface area contributed by atoms with Crippen molar-refractivity contribution in [1.82, 2.24) is 5.32 Å². The third kappa shape index (κ3) is 2.66. The molecule has 1 aromatic rings. The summed E-state index contributed by atoms with van der Waals surface area (Å²) in [6.07, 6.45) is 3.36.